The van der Waals surface area contributed by atoms with Gasteiger partial charge in [-0.2, -0.15) is 14.5 Å². The minimum Gasteiger partial charge on any atom is -0.374 e. The first-order valence-electron chi connectivity index (χ1n) is 4.30. The second-order valence-corrected chi connectivity index (χ2v) is 4.04. The molecule has 2 heterocycles. The van der Waals surface area contributed by atoms with Gasteiger partial charge in [0.15, 0.2) is 11.0 Å². The molecular weight excluding hydrogens is 198 g/mol. The normalized spacial score (nSPS) is 11.1. The van der Waals surface area contributed by atoms with Gasteiger partial charge in [0.05, 0.1) is 11.8 Å². The van der Waals surface area contributed by atoms with Crippen molar-refractivity contribution in [3.63, 3.8) is 0 Å². The molecule has 2 aromatic rings. The molecule has 0 unspecified atom stereocenters. The van der Waals surface area contributed by atoms with E-state index in [0.717, 1.165) is 5.56 Å². The minimum atomic E-state index is 0.347. The van der Waals surface area contributed by atoms with E-state index >= 15 is 0 Å². The topological polar surface area (TPSA) is 69.6 Å². The van der Waals surface area contributed by atoms with Gasteiger partial charge < -0.3 is 5.73 Å². The molecule has 0 aliphatic carbocycles. The maximum absolute atomic E-state index is 5.50. The smallest absolute Gasteiger partial charge is 0.200 e. The average Bonchev–Trinajstić information content (AvgIpc) is 2.70. The van der Waals surface area contributed by atoms with Crippen molar-refractivity contribution in [3.05, 3.63) is 12.4 Å². The van der Waals surface area contributed by atoms with Crippen LogP contribution in [-0.2, 0) is 0 Å². The lowest BCUT2D eigenvalue weighted by atomic mass is 10.3. The van der Waals surface area contributed by atoms with Crippen LogP contribution in [0.4, 0.5) is 5.13 Å². The van der Waals surface area contributed by atoms with Crippen LogP contribution in [0.15, 0.2) is 12.4 Å². The third kappa shape index (κ3) is 1.60. The van der Waals surface area contributed by atoms with Gasteiger partial charge in [0, 0.05) is 23.8 Å². The number of nitrogens with zero attached hydrogens (tertiary/aromatic N) is 4. The predicted octanol–water partition coefficient (Wildman–Crippen LogP) is 1.56. The SMILES string of the molecule is CC(C)n1cc(-c2nsc(N)n2)cn1. The van der Waals surface area contributed by atoms with Crippen LogP contribution in [0.25, 0.3) is 11.4 Å². The number of hydrogen-bond donors (Lipinski definition) is 1. The summed E-state index contributed by atoms with van der Waals surface area (Å²) < 4.78 is 5.98. The first-order chi connectivity index (χ1) is 6.66. The lowest BCUT2D eigenvalue weighted by Crippen LogP contribution is -1.99. The zero-order valence-electron chi connectivity index (χ0n) is 8.01. The third-order valence-electron chi connectivity index (χ3n) is 1.83. The molecule has 0 bridgehead atoms. The van der Waals surface area contributed by atoms with Crippen LogP contribution in [0.3, 0.4) is 0 Å². The largest absolute Gasteiger partial charge is 0.374 e. The Morgan fingerprint density at radius 1 is 1.50 bits per heavy atom. The summed E-state index contributed by atoms with van der Waals surface area (Å²) in [7, 11) is 0. The van der Waals surface area contributed by atoms with E-state index in [9.17, 15) is 0 Å². The molecule has 2 N–H and O–H groups in total. The summed E-state index contributed by atoms with van der Waals surface area (Å²) in [5.74, 6) is 0.652. The molecular formula is C8H11N5S. The highest BCUT2D eigenvalue weighted by molar-refractivity contribution is 7.09. The first-order valence-corrected chi connectivity index (χ1v) is 5.08. The highest BCUT2D eigenvalue weighted by Crippen LogP contribution is 2.19. The zero-order valence-corrected chi connectivity index (χ0v) is 8.82. The molecule has 74 valence electrons. The van der Waals surface area contributed by atoms with Gasteiger partial charge in [-0.05, 0) is 13.8 Å². The first kappa shape index (κ1) is 9.14. The van der Waals surface area contributed by atoms with Crippen LogP contribution >= 0.6 is 11.5 Å². The Morgan fingerprint density at radius 3 is 2.79 bits per heavy atom. The van der Waals surface area contributed by atoms with Gasteiger partial charge in [-0.3, -0.25) is 4.68 Å². The number of aromatic nitrogens is 4. The van der Waals surface area contributed by atoms with Crippen LogP contribution in [-0.4, -0.2) is 19.1 Å². The summed E-state index contributed by atoms with van der Waals surface area (Å²) in [5, 5.41) is 4.69. The molecule has 0 saturated carbocycles. The van der Waals surface area contributed by atoms with Gasteiger partial charge >= 0.3 is 0 Å². The van der Waals surface area contributed by atoms with Gasteiger partial charge in [-0.1, -0.05) is 0 Å². The molecule has 14 heavy (non-hydrogen) atoms. The molecule has 0 spiro atoms. The van der Waals surface area contributed by atoms with E-state index < -0.39 is 0 Å². The number of nitrogens with two attached hydrogens (primary N) is 1. The quantitative estimate of drug-likeness (QED) is 0.815. The van der Waals surface area contributed by atoms with E-state index in [2.05, 4.69) is 28.3 Å². The van der Waals surface area contributed by atoms with E-state index in [1.807, 2.05) is 10.9 Å². The fourth-order valence-corrected chi connectivity index (χ4v) is 1.54. The molecule has 0 aliphatic heterocycles. The van der Waals surface area contributed by atoms with Gasteiger partial charge in [0.1, 0.15) is 0 Å². The molecule has 0 aromatic carbocycles. The van der Waals surface area contributed by atoms with E-state index in [1.54, 1.807) is 6.20 Å². The summed E-state index contributed by atoms with van der Waals surface area (Å²) in [6.07, 6.45) is 3.67. The van der Waals surface area contributed by atoms with E-state index in [4.69, 9.17) is 5.73 Å². The maximum Gasteiger partial charge on any atom is 0.200 e. The molecule has 5 nitrogen and oxygen atoms in total. The lowest BCUT2D eigenvalue weighted by Gasteiger charge is -2.02. The van der Waals surface area contributed by atoms with Gasteiger partial charge in [-0.25, -0.2) is 0 Å². The average molecular weight is 209 g/mol. The van der Waals surface area contributed by atoms with E-state index in [-0.39, 0.29) is 0 Å². The lowest BCUT2D eigenvalue weighted by molar-refractivity contribution is 0.532. The highest BCUT2D eigenvalue weighted by atomic mass is 32.1. The second kappa shape index (κ2) is 3.38. The fourth-order valence-electron chi connectivity index (χ4n) is 1.09. The van der Waals surface area contributed by atoms with E-state index in [1.165, 1.54) is 11.5 Å². The predicted molar refractivity (Wildman–Crippen MR) is 55.9 cm³/mol. The maximum atomic E-state index is 5.50. The summed E-state index contributed by atoms with van der Waals surface area (Å²) in [6.45, 7) is 4.14. The van der Waals surface area contributed by atoms with Crippen LogP contribution in [0.2, 0.25) is 0 Å². The zero-order chi connectivity index (χ0) is 10.1. The Bertz CT molecular complexity index is 430. The molecule has 2 aromatic heterocycles. The van der Waals surface area contributed by atoms with Gasteiger partial charge in [0.25, 0.3) is 0 Å². The third-order valence-corrected chi connectivity index (χ3v) is 2.37. The van der Waals surface area contributed by atoms with Crippen molar-refractivity contribution in [3.8, 4) is 11.4 Å². The molecule has 0 atom stereocenters. The molecule has 0 fully saturated rings. The van der Waals surface area contributed by atoms with Crippen molar-refractivity contribution >= 4 is 16.7 Å². The molecule has 0 saturated heterocycles. The molecule has 0 aliphatic rings. The number of anilines is 1. The second-order valence-electron chi connectivity index (χ2n) is 3.26. The number of nitrogen functional groups attached to an aromatic ring is 1. The Balaban J connectivity index is 2.33. The van der Waals surface area contributed by atoms with Crippen LogP contribution in [0, 0.1) is 0 Å². The summed E-state index contributed by atoms with van der Waals surface area (Å²) >= 11 is 1.20. The molecule has 0 radical (unpaired) electrons. The highest BCUT2D eigenvalue weighted by Gasteiger charge is 2.08. The van der Waals surface area contributed by atoms with Crippen molar-refractivity contribution < 1.29 is 0 Å². The van der Waals surface area contributed by atoms with Crippen molar-refractivity contribution in [1.29, 1.82) is 0 Å². The van der Waals surface area contributed by atoms with Crippen molar-refractivity contribution in [2.45, 2.75) is 19.9 Å². The van der Waals surface area contributed by atoms with Crippen molar-refractivity contribution in [2.75, 3.05) is 5.73 Å². The Labute approximate surface area is 85.8 Å². The number of hydrogen-bond acceptors (Lipinski definition) is 5. The Kier molecular flexibility index (Phi) is 2.20. The van der Waals surface area contributed by atoms with Crippen molar-refractivity contribution in [1.82, 2.24) is 19.1 Å². The molecule has 0 amide bonds. The standard InChI is InChI=1S/C8H11N5S/c1-5(2)13-4-6(3-10-13)7-11-8(9)14-12-7/h3-5H,1-2H3,(H2,9,11,12). The van der Waals surface area contributed by atoms with Crippen molar-refractivity contribution in [2.24, 2.45) is 0 Å². The summed E-state index contributed by atoms with van der Waals surface area (Å²) in [4.78, 5) is 4.09. The number of rotatable bonds is 2. The summed E-state index contributed by atoms with van der Waals surface area (Å²) in [6, 6.07) is 0.347. The Hall–Kier alpha value is -1.43. The summed E-state index contributed by atoms with van der Waals surface area (Å²) in [5.41, 5.74) is 6.41. The van der Waals surface area contributed by atoms with Crippen LogP contribution in [0.1, 0.15) is 19.9 Å². The van der Waals surface area contributed by atoms with Crippen LogP contribution < -0.4 is 5.73 Å². The Morgan fingerprint density at radius 2 is 2.29 bits per heavy atom. The molecule has 2 rings (SSSR count). The van der Waals surface area contributed by atoms with E-state index in [0.29, 0.717) is 17.0 Å². The molecule has 6 heteroatoms. The van der Waals surface area contributed by atoms with Gasteiger partial charge in [0.2, 0.25) is 0 Å². The fraction of sp³-hybridized carbons (Fsp3) is 0.375. The van der Waals surface area contributed by atoms with Gasteiger partial charge in [-0.15, -0.1) is 0 Å². The monoisotopic (exact) mass is 209 g/mol. The van der Waals surface area contributed by atoms with Crippen LogP contribution in [0.5, 0.6) is 0 Å². The minimum absolute atomic E-state index is 0.347.